The third kappa shape index (κ3) is 6.50. The number of ether oxygens (including phenoxy) is 1. The van der Waals surface area contributed by atoms with Crippen LogP contribution in [0.5, 0.6) is 0 Å². The Balaban J connectivity index is 0.00000242. The van der Waals surface area contributed by atoms with E-state index in [2.05, 4.69) is 41.2 Å². The third-order valence-electron chi connectivity index (χ3n) is 3.80. The minimum Gasteiger partial charge on any atom is -0.379 e. The van der Waals surface area contributed by atoms with Crippen LogP contribution < -0.4 is 11.1 Å². The average molecular weight is 418 g/mol. The van der Waals surface area contributed by atoms with Crippen molar-refractivity contribution < 1.29 is 4.74 Å². The molecule has 5 nitrogen and oxygen atoms in total. The summed E-state index contributed by atoms with van der Waals surface area (Å²) in [6, 6.07) is 6.20. The summed E-state index contributed by atoms with van der Waals surface area (Å²) in [5, 5.41) is 3.14. The van der Waals surface area contributed by atoms with E-state index < -0.39 is 0 Å². The van der Waals surface area contributed by atoms with Crippen LogP contribution in [-0.4, -0.2) is 50.3 Å². The molecule has 1 aromatic carbocycles. The maximum atomic E-state index is 5.92. The number of nitrogens with one attached hydrogen (secondary N) is 1. The fourth-order valence-electron chi connectivity index (χ4n) is 2.33. The Hall–Kier alpha value is -0.860. The average Bonchev–Trinajstić information content (AvgIpc) is 2.49. The van der Waals surface area contributed by atoms with Gasteiger partial charge >= 0.3 is 0 Å². The summed E-state index contributed by atoms with van der Waals surface area (Å²) in [6.45, 7) is 9.75. The number of benzene rings is 1. The molecule has 0 atom stereocenters. The Labute approximate surface area is 150 Å². The number of halogens is 1. The van der Waals surface area contributed by atoms with Crippen molar-refractivity contribution in [3.63, 3.8) is 0 Å². The van der Waals surface area contributed by atoms with E-state index in [0.29, 0.717) is 5.96 Å². The Bertz CT molecular complexity index is 487. The zero-order valence-electron chi connectivity index (χ0n) is 13.5. The summed E-state index contributed by atoms with van der Waals surface area (Å²) in [7, 11) is 0. The molecule has 0 aliphatic carbocycles. The van der Waals surface area contributed by atoms with E-state index in [1.165, 1.54) is 11.1 Å². The van der Waals surface area contributed by atoms with Gasteiger partial charge in [0.1, 0.15) is 0 Å². The molecule has 22 heavy (non-hydrogen) atoms. The highest BCUT2D eigenvalue weighted by Crippen LogP contribution is 2.13. The van der Waals surface area contributed by atoms with Gasteiger partial charge in [-0.15, -0.1) is 24.0 Å². The van der Waals surface area contributed by atoms with E-state index in [4.69, 9.17) is 10.5 Å². The molecule has 1 heterocycles. The number of nitrogens with zero attached hydrogens (tertiary/aromatic N) is 2. The van der Waals surface area contributed by atoms with Crippen LogP contribution in [0.25, 0.3) is 0 Å². The summed E-state index contributed by atoms with van der Waals surface area (Å²) < 4.78 is 5.33. The van der Waals surface area contributed by atoms with E-state index in [0.717, 1.165) is 51.5 Å². The van der Waals surface area contributed by atoms with Crippen LogP contribution in [0.3, 0.4) is 0 Å². The maximum Gasteiger partial charge on any atom is 0.193 e. The second-order valence-corrected chi connectivity index (χ2v) is 5.50. The Morgan fingerprint density at radius 2 is 2.00 bits per heavy atom. The lowest BCUT2D eigenvalue weighted by Gasteiger charge is -2.26. The Morgan fingerprint density at radius 1 is 1.27 bits per heavy atom. The highest BCUT2D eigenvalue weighted by Gasteiger charge is 2.08. The van der Waals surface area contributed by atoms with Gasteiger partial charge in [0, 0.05) is 31.9 Å². The van der Waals surface area contributed by atoms with E-state index in [9.17, 15) is 0 Å². The number of aryl methyl sites for hydroxylation is 2. The van der Waals surface area contributed by atoms with Gasteiger partial charge in [-0.25, -0.2) is 0 Å². The van der Waals surface area contributed by atoms with Gasteiger partial charge in [0.05, 0.1) is 13.2 Å². The van der Waals surface area contributed by atoms with Gasteiger partial charge in [-0.05, 0) is 43.5 Å². The smallest absolute Gasteiger partial charge is 0.193 e. The van der Waals surface area contributed by atoms with E-state index >= 15 is 0 Å². The van der Waals surface area contributed by atoms with Crippen LogP contribution in [0, 0.1) is 13.8 Å². The van der Waals surface area contributed by atoms with Crippen molar-refractivity contribution in [2.45, 2.75) is 20.3 Å². The lowest BCUT2D eigenvalue weighted by Crippen LogP contribution is -2.37. The van der Waals surface area contributed by atoms with Crippen molar-refractivity contribution in [2.24, 2.45) is 10.7 Å². The number of morpholine rings is 1. The number of anilines is 1. The largest absolute Gasteiger partial charge is 0.379 e. The van der Waals surface area contributed by atoms with Crippen molar-refractivity contribution in [1.29, 1.82) is 0 Å². The van der Waals surface area contributed by atoms with Crippen LogP contribution in [-0.2, 0) is 4.74 Å². The highest BCUT2D eigenvalue weighted by molar-refractivity contribution is 14.0. The van der Waals surface area contributed by atoms with Crippen molar-refractivity contribution in [3.05, 3.63) is 29.3 Å². The number of aliphatic imine (C=N–C) groups is 1. The minimum absolute atomic E-state index is 0. The molecule has 0 aromatic heterocycles. The molecule has 1 saturated heterocycles. The lowest BCUT2D eigenvalue weighted by molar-refractivity contribution is 0.0377. The first kappa shape index (κ1) is 19.2. The molecule has 0 radical (unpaired) electrons. The molecule has 0 bridgehead atoms. The molecule has 2 rings (SSSR count). The van der Waals surface area contributed by atoms with Crippen LogP contribution in [0.4, 0.5) is 5.69 Å². The monoisotopic (exact) mass is 418 g/mol. The fourth-order valence-corrected chi connectivity index (χ4v) is 2.33. The summed E-state index contributed by atoms with van der Waals surface area (Å²) in [4.78, 5) is 6.79. The molecule has 0 amide bonds. The summed E-state index contributed by atoms with van der Waals surface area (Å²) in [6.07, 6.45) is 1.02. The molecule has 124 valence electrons. The normalized spacial score (nSPS) is 16.2. The standard InChI is InChI=1S/C16H26N4O.HI/c1-13-4-5-15(12-14(13)2)19-16(17)18-6-3-7-20-8-10-21-11-9-20;/h4-5,12H,3,6-11H2,1-2H3,(H3,17,18,19);1H. The van der Waals surface area contributed by atoms with Gasteiger partial charge < -0.3 is 15.8 Å². The number of hydrogen-bond donors (Lipinski definition) is 2. The minimum atomic E-state index is 0. The Kier molecular flexibility index (Phi) is 8.74. The topological polar surface area (TPSA) is 62.9 Å². The van der Waals surface area contributed by atoms with Crippen LogP contribution in [0.15, 0.2) is 23.2 Å². The zero-order chi connectivity index (χ0) is 15.1. The lowest BCUT2D eigenvalue weighted by atomic mass is 10.1. The highest BCUT2D eigenvalue weighted by atomic mass is 127. The molecule has 1 aliphatic heterocycles. The summed E-state index contributed by atoms with van der Waals surface area (Å²) >= 11 is 0. The number of rotatable bonds is 5. The molecule has 6 heteroatoms. The zero-order valence-corrected chi connectivity index (χ0v) is 15.8. The van der Waals surface area contributed by atoms with Crippen LogP contribution in [0.1, 0.15) is 17.5 Å². The Morgan fingerprint density at radius 3 is 2.68 bits per heavy atom. The van der Waals surface area contributed by atoms with Gasteiger partial charge in [0.15, 0.2) is 5.96 Å². The quantitative estimate of drug-likeness (QED) is 0.334. The molecule has 1 aliphatic rings. The van der Waals surface area contributed by atoms with Gasteiger partial charge in [0.2, 0.25) is 0 Å². The fraction of sp³-hybridized carbons (Fsp3) is 0.562. The van der Waals surface area contributed by atoms with Gasteiger partial charge in [-0.1, -0.05) is 6.07 Å². The predicted molar refractivity (Wildman–Crippen MR) is 103 cm³/mol. The van der Waals surface area contributed by atoms with Crippen molar-refractivity contribution in [3.8, 4) is 0 Å². The van der Waals surface area contributed by atoms with E-state index in [1.54, 1.807) is 0 Å². The number of hydrogen-bond acceptors (Lipinski definition) is 3. The second-order valence-electron chi connectivity index (χ2n) is 5.50. The number of nitrogens with two attached hydrogens (primary N) is 1. The van der Waals surface area contributed by atoms with Crippen molar-refractivity contribution in [2.75, 3.05) is 44.7 Å². The molecular weight excluding hydrogens is 391 g/mol. The predicted octanol–water partition coefficient (Wildman–Crippen LogP) is 2.37. The summed E-state index contributed by atoms with van der Waals surface area (Å²) in [5.41, 5.74) is 9.44. The van der Waals surface area contributed by atoms with Gasteiger partial charge in [0.25, 0.3) is 0 Å². The molecular formula is C16H27IN4O. The molecule has 1 fully saturated rings. The molecule has 3 N–H and O–H groups in total. The molecule has 0 spiro atoms. The van der Waals surface area contributed by atoms with E-state index in [1.807, 2.05) is 6.07 Å². The van der Waals surface area contributed by atoms with Crippen molar-refractivity contribution in [1.82, 2.24) is 4.90 Å². The summed E-state index contributed by atoms with van der Waals surface area (Å²) in [5.74, 6) is 0.486. The number of guanidine groups is 1. The SMILES string of the molecule is Cc1ccc(NC(N)=NCCCN2CCOCC2)cc1C.I. The first-order chi connectivity index (χ1) is 10.1. The first-order valence-electron chi connectivity index (χ1n) is 7.59. The van der Waals surface area contributed by atoms with Gasteiger partial charge in [-0.2, -0.15) is 0 Å². The third-order valence-corrected chi connectivity index (χ3v) is 3.80. The second kappa shape index (κ2) is 10.0. The van der Waals surface area contributed by atoms with Gasteiger partial charge in [-0.3, -0.25) is 9.89 Å². The molecule has 0 unspecified atom stereocenters. The van der Waals surface area contributed by atoms with E-state index in [-0.39, 0.29) is 24.0 Å². The maximum absolute atomic E-state index is 5.92. The first-order valence-corrected chi connectivity index (χ1v) is 7.59. The molecule has 0 saturated carbocycles. The van der Waals surface area contributed by atoms with Crippen molar-refractivity contribution >= 4 is 35.6 Å². The van der Waals surface area contributed by atoms with Crippen LogP contribution in [0.2, 0.25) is 0 Å². The van der Waals surface area contributed by atoms with Crippen LogP contribution >= 0.6 is 24.0 Å². The molecule has 1 aromatic rings.